The maximum Gasteiger partial charge on any atom is 0.261 e. The Kier molecular flexibility index (Phi) is 2.70. The molecule has 2 rings (SSSR count). The average molecular weight is 224 g/mol. The van der Waals surface area contributed by atoms with Crippen molar-refractivity contribution in [3.63, 3.8) is 0 Å². The fourth-order valence-corrected chi connectivity index (χ4v) is 1.68. The van der Waals surface area contributed by atoms with Gasteiger partial charge in [-0.2, -0.15) is 0 Å². The summed E-state index contributed by atoms with van der Waals surface area (Å²) in [6.07, 6.45) is 1.48. The minimum Gasteiger partial charge on any atom is -0.329 e. The Morgan fingerprint density at radius 3 is 3.00 bits per heavy atom. The predicted octanol–water partition coefficient (Wildman–Crippen LogP) is 1.01. The van der Waals surface area contributed by atoms with Crippen LogP contribution in [-0.2, 0) is 6.54 Å². The number of nitrogens with two attached hydrogens (primary N) is 1. The van der Waals surface area contributed by atoms with Crippen molar-refractivity contribution in [2.75, 3.05) is 6.54 Å². The summed E-state index contributed by atoms with van der Waals surface area (Å²) in [5.74, 6) is 0. The molecule has 5 heteroatoms. The highest BCUT2D eigenvalue weighted by molar-refractivity contribution is 6.34. The van der Waals surface area contributed by atoms with Crippen LogP contribution >= 0.6 is 11.6 Å². The van der Waals surface area contributed by atoms with Gasteiger partial charge in [0.1, 0.15) is 0 Å². The van der Waals surface area contributed by atoms with E-state index in [1.54, 1.807) is 18.2 Å². The zero-order chi connectivity index (χ0) is 10.8. The molecule has 2 aromatic rings. The quantitative estimate of drug-likeness (QED) is 0.827. The van der Waals surface area contributed by atoms with Crippen molar-refractivity contribution in [2.24, 2.45) is 5.73 Å². The number of hydrogen-bond acceptors (Lipinski definition) is 3. The molecule has 2 N–H and O–H groups in total. The highest BCUT2D eigenvalue weighted by atomic mass is 35.5. The van der Waals surface area contributed by atoms with Crippen LogP contribution in [0.25, 0.3) is 10.9 Å². The SMILES string of the molecule is NCCn1cnc2c(Cl)cccc2c1=O. The molecule has 0 amide bonds. The molecule has 4 nitrogen and oxygen atoms in total. The molecule has 0 aliphatic rings. The minimum absolute atomic E-state index is 0.104. The zero-order valence-electron chi connectivity index (χ0n) is 7.98. The van der Waals surface area contributed by atoms with E-state index >= 15 is 0 Å². The van der Waals surface area contributed by atoms with Gasteiger partial charge >= 0.3 is 0 Å². The Bertz CT molecular complexity index is 550. The third-order valence-corrected chi connectivity index (χ3v) is 2.48. The second kappa shape index (κ2) is 4.00. The Morgan fingerprint density at radius 1 is 1.47 bits per heavy atom. The summed E-state index contributed by atoms with van der Waals surface area (Å²) in [7, 11) is 0. The number of halogens is 1. The van der Waals surface area contributed by atoms with Crippen molar-refractivity contribution in [3.8, 4) is 0 Å². The van der Waals surface area contributed by atoms with Gasteiger partial charge in [-0.3, -0.25) is 9.36 Å². The van der Waals surface area contributed by atoms with Crippen LogP contribution in [0.3, 0.4) is 0 Å². The fourth-order valence-electron chi connectivity index (χ4n) is 1.45. The van der Waals surface area contributed by atoms with Gasteiger partial charge in [0.2, 0.25) is 0 Å². The molecule has 0 bridgehead atoms. The molecule has 0 atom stereocenters. The van der Waals surface area contributed by atoms with Crippen LogP contribution in [-0.4, -0.2) is 16.1 Å². The van der Waals surface area contributed by atoms with Gasteiger partial charge in [0.05, 0.1) is 22.3 Å². The van der Waals surface area contributed by atoms with E-state index in [0.29, 0.717) is 29.0 Å². The van der Waals surface area contributed by atoms with Crippen molar-refractivity contribution in [1.82, 2.24) is 9.55 Å². The van der Waals surface area contributed by atoms with E-state index < -0.39 is 0 Å². The van der Waals surface area contributed by atoms with E-state index in [1.807, 2.05) is 0 Å². The summed E-state index contributed by atoms with van der Waals surface area (Å²) in [4.78, 5) is 16.0. The van der Waals surface area contributed by atoms with Gasteiger partial charge in [-0.15, -0.1) is 0 Å². The molecule has 0 saturated heterocycles. The lowest BCUT2D eigenvalue weighted by Crippen LogP contribution is -2.24. The smallest absolute Gasteiger partial charge is 0.261 e. The normalized spacial score (nSPS) is 10.8. The molecule has 1 aromatic heterocycles. The van der Waals surface area contributed by atoms with Gasteiger partial charge in [0.15, 0.2) is 0 Å². The van der Waals surface area contributed by atoms with E-state index in [0.717, 1.165) is 0 Å². The summed E-state index contributed by atoms with van der Waals surface area (Å²) in [5, 5.41) is 1.02. The average Bonchev–Trinajstić information content (AvgIpc) is 2.23. The molecule has 0 unspecified atom stereocenters. The Morgan fingerprint density at radius 2 is 2.27 bits per heavy atom. The summed E-state index contributed by atoms with van der Waals surface area (Å²) in [6.45, 7) is 0.877. The van der Waals surface area contributed by atoms with Gasteiger partial charge in [-0.05, 0) is 12.1 Å². The predicted molar refractivity (Wildman–Crippen MR) is 60.1 cm³/mol. The van der Waals surface area contributed by atoms with Crippen molar-refractivity contribution in [3.05, 3.63) is 39.9 Å². The molecule has 0 saturated carbocycles. The molecule has 0 aliphatic heterocycles. The van der Waals surface area contributed by atoms with Crippen molar-refractivity contribution in [2.45, 2.75) is 6.54 Å². The number of rotatable bonds is 2. The van der Waals surface area contributed by atoms with Crippen LogP contribution in [0.5, 0.6) is 0 Å². The Balaban J connectivity index is 2.75. The molecular weight excluding hydrogens is 214 g/mol. The lowest BCUT2D eigenvalue weighted by molar-refractivity contribution is 0.673. The van der Waals surface area contributed by atoms with Crippen LogP contribution in [0.1, 0.15) is 0 Å². The second-order valence-electron chi connectivity index (χ2n) is 3.17. The molecule has 15 heavy (non-hydrogen) atoms. The molecule has 0 fully saturated rings. The molecule has 78 valence electrons. The van der Waals surface area contributed by atoms with E-state index in [1.165, 1.54) is 10.9 Å². The van der Waals surface area contributed by atoms with Crippen LogP contribution in [0, 0.1) is 0 Å². The van der Waals surface area contributed by atoms with Gasteiger partial charge in [0, 0.05) is 13.1 Å². The van der Waals surface area contributed by atoms with Crippen molar-refractivity contribution in [1.29, 1.82) is 0 Å². The first-order valence-electron chi connectivity index (χ1n) is 4.58. The summed E-state index contributed by atoms with van der Waals surface area (Å²) < 4.78 is 1.48. The number of hydrogen-bond donors (Lipinski definition) is 1. The molecule has 0 spiro atoms. The molecule has 1 aromatic carbocycles. The maximum absolute atomic E-state index is 11.9. The summed E-state index contributed by atoms with van der Waals surface area (Å²) in [6, 6.07) is 5.16. The first-order valence-corrected chi connectivity index (χ1v) is 4.95. The number of para-hydroxylation sites is 1. The van der Waals surface area contributed by atoms with E-state index in [-0.39, 0.29) is 5.56 Å². The van der Waals surface area contributed by atoms with E-state index in [2.05, 4.69) is 4.98 Å². The van der Waals surface area contributed by atoms with Gasteiger partial charge in [0.25, 0.3) is 5.56 Å². The van der Waals surface area contributed by atoms with Crippen LogP contribution < -0.4 is 11.3 Å². The number of fused-ring (bicyclic) bond motifs is 1. The summed E-state index contributed by atoms with van der Waals surface area (Å²) in [5.41, 5.74) is 5.83. The van der Waals surface area contributed by atoms with Gasteiger partial charge in [-0.25, -0.2) is 4.98 Å². The largest absolute Gasteiger partial charge is 0.329 e. The topological polar surface area (TPSA) is 60.9 Å². The number of aromatic nitrogens is 2. The minimum atomic E-state index is -0.104. The van der Waals surface area contributed by atoms with Crippen LogP contribution in [0.4, 0.5) is 0 Å². The first kappa shape index (κ1) is 10.1. The number of nitrogens with zero attached hydrogens (tertiary/aromatic N) is 2. The maximum atomic E-state index is 11.9. The molecule has 0 radical (unpaired) electrons. The molecular formula is C10H10ClN3O. The fraction of sp³-hybridized carbons (Fsp3) is 0.200. The number of benzene rings is 1. The highest BCUT2D eigenvalue weighted by Gasteiger charge is 2.05. The third-order valence-electron chi connectivity index (χ3n) is 2.17. The standard InChI is InChI=1S/C10H10ClN3O/c11-8-3-1-2-7-9(8)13-6-14(5-4-12)10(7)15/h1-3,6H,4-5,12H2. The Hall–Kier alpha value is -1.39. The lowest BCUT2D eigenvalue weighted by Gasteiger charge is -2.04. The molecule has 0 aliphatic carbocycles. The second-order valence-corrected chi connectivity index (χ2v) is 3.57. The Labute approximate surface area is 91.3 Å². The van der Waals surface area contributed by atoms with Crippen molar-refractivity contribution >= 4 is 22.5 Å². The van der Waals surface area contributed by atoms with Gasteiger partial charge in [-0.1, -0.05) is 17.7 Å². The van der Waals surface area contributed by atoms with Crippen molar-refractivity contribution < 1.29 is 0 Å². The zero-order valence-corrected chi connectivity index (χ0v) is 8.74. The first-order chi connectivity index (χ1) is 7.24. The van der Waals surface area contributed by atoms with E-state index in [9.17, 15) is 4.79 Å². The van der Waals surface area contributed by atoms with Crippen LogP contribution in [0.15, 0.2) is 29.3 Å². The van der Waals surface area contributed by atoms with Gasteiger partial charge < -0.3 is 5.73 Å². The molecule has 1 heterocycles. The summed E-state index contributed by atoms with van der Waals surface area (Å²) >= 11 is 5.92. The lowest BCUT2D eigenvalue weighted by atomic mass is 10.2. The highest BCUT2D eigenvalue weighted by Crippen LogP contribution is 2.17. The van der Waals surface area contributed by atoms with E-state index in [4.69, 9.17) is 17.3 Å². The van der Waals surface area contributed by atoms with Crippen LogP contribution in [0.2, 0.25) is 5.02 Å². The monoisotopic (exact) mass is 223 g/mol. The third kappa shape index (κ3) is 1.73.